The Kier molecular flexibility index (Phi) is 4.00. The topological polar surface area (TPSA) is 29.3 Å². The minimum Gasteiger partial charge on any atom is -0.328 e. The van der Waals surface area contributed by atoms with Crippen molar-refractivity contribution in [2.75, 3.05) is 13.1 Å². The predicted octanol–water partition coefficient (Wildman–Crippen LogP) is 2.41. The standard InChI is InChI=1S/C13H22N2S/c1-10(9-13-4-3-11(2)16-13)15-7-5-12(14)6-8-15/h3-4,10,12H,5-9,14H2,1-2H3. The fourth-order valence-electron chi connectivity index (χ4n) is 2.38. The lowest BCUT2D eigenvalue weighted by Crippen LogP contribution is -2.44. The molecule has 1 aromatic rings. The van der Waals surface area contributed by atoms with Crippen LogP contribution in [-0.4, -0.2) is 30.1 Å². The summed E-state index contributed by atoms with van der Waals surface area (Å²) in [7, 11) is 0. The van der Waals surface area contributed by atoms with Crippen molar-refractivity contribution in [3.8, 4) is 0 Å². The van der Waals surface area contributed by atoms with Crippen LogP contribution in [0.4, 0.5) is 0 Å². The molecule has 16 heavy (non-hydrogen) atoms. The minimum absolute atomic E-state index is 0.437. The maximum Gasteiger partial charge on any atom is 0.0115 e. The number of hydrogen-bond acceptors (Lipinski definition) is 3. The molecule has 1 fully saturated rings. The van der Waals surface area contributed by atoms with Gasteiger partial charge in [-0.25, -0.2) is 0 Å². The predicted molar refractivity (Wildman–Crippen MR) is 71.0 cm³/mol. The molecule has 1 atom stereocenters. The third-order valence-corrected chi connectivity index (χ3v) is 4.51. The highest BCUT2D eigenvalue weighted by molar-refractivity contribution is 7.11. The number of aryl methyl sites for hydroxylation is 1. The van der Waals surface area contributed by atoms with E-state index >= 15 is 0 Å². The number of likely N-dealkylation sites (tertiary alicyclic amines) is 1. The number of hydrogen-bond donors (Lipinski definition) is 1. The van der Waals surface area contributed by atoms with Gasteiger partial charge in [-0.1, -0.05) is 0 Å². The zero-order chi connectivity index (χ0) is 11.5. The summed E-state index contributed by atoms with van der Waals surface area (Å²) in [5.41, 5.74) is 5.93. The molecule has 0 bridgehead atoms. The summed E-state index contributed by atoms with van der Waals surface area (Å²) in [6.07, 6.45) is 3.51. The molecule has 1 aliphatic heterocycles. The van der Waals surface area contributed by atoms with Gasteiger partial charge in [0, 0.05) is 21.8 Å². The Balaban J connectivity index is 1.85. The molecule has 2 heterocycles. The molecule has 3 heteroatoms. The first-order valence-corrected chi connectivity index (χ1v) is 7.02. The van der Waals surface area contributed by atoms with Gasteiger partial charge in [-0.05, 0) is 58.3 Å². The van der Waals surface area contributed by atoms with Crippen molar-refractivity contribution >= 4 is 11.3 Å². The lowest BCUT2D eigenvalue weighted by atomic mass is 10.0. The highest BCUT2D eigenvalue weighted by atomic mass is 32.1. The third-order valence-electron chi connectivity index (χ3n) is 3.49. The number of nitrogens with zero attached hydrogens (tertiary/aromatic N) is 1. The maximum absolute atomic E-state index is 5.93. The molecule has 1 saturated heterocycles. The van der Waals surface area contributed by atoms with Crippen molar-refractivity contribution < 1.29 is 0 Å². The van der Waals surface area contributed by atoms with Crippen LogP contribution >= 0.6 is 11.3 Å². The van der Waals surface area contributed by atoms with Crippen LogP contribution in [0, 0.1) is 6.92 Å². The molecular formula is C13H22N2S. The van der Waals surface area contributed by atoms with Crippen LogP contribution in [0.1, 0.15) is 29.5 Å². The fraction of sp³-hybridized carbons (Fsp3) is 0.692. The van der Waals surface area contributed by atoms with Gasteiger partial charge < -0.3 is 10.6 Å². The average molecular weight is 238 g/mol. The van der Waals surface area contributed by atoms with Crippen LogP contribution in [0.15, 0.2) is 12.1 Å². The first-order valence-electron chi connectivity index (χ1n) is 6.20. The summed E-state index contributed by atoms with van der Waals surface area (Å²) in [6.45, 7) is 6.87. The largest absolute Gasteiger partial charge is 0.328 e. The maximum atomic E-state index is 5.93. The van der Waals surface area contributed by atoms with Gasteiger partial charge in [0.1, 0.15) is 0 Å². The third kappa shape index (κ3) is 3.06. The molecule has 1 aliphatic rings. The molecule has 0 aromatic carbocycles. The van der Waals surface area contributed by atoms with Gasteiger partial charge in [-0.3, -0.25) is 0 Å². The molecule has 1 unspecified atom stereocenters. The summed E-state index contributed by atoms with van der Waals surface area (Å²) >= 11 is 1.93. The van der Waals surface area contributed by atoms with Crippen molar-refractivity contribution in [2.45, 2.75) is 45.2 Å². The second-order valence-corrected chi connectivity index (χ2v) is 6.31. The van der Waals surface area contributed by atoms with E-state index in [1.165, 1.54) is 29.3 Å². The Morgan fingerprint density at radius 1 is 1.44 bits per heavy atom. The molecule has 0 aliphatic carbocycles. The fourth-order valence-corrected chi connectivity index (χ4v) is 3.39. The summed E-state index contributed by atoms with van der Waals surface area (Å²) in [5.74, 6) is 0. The van der Waals surface area contributed by atoms with Crippen molar-refractivity contribution in [1.82, 2.24) is 4.90 Å². The number of rotatable bonds is 3. The zero-order valence-corrected chi connectivity index (χ0v) is 11.1. The minimum atomic E-state index is 0.437. The molecule has 2 rings (SSSR count). The van der Waals surface area contributed by atoms with Gasteiger partial charge in [0.2, 0.25) is 0 Å². The second kappa shape index (κ2) is 5.30. The van der Waals surface area contributed by atoms with E-state index in [2.05, 4.69) is 30.9 Å². The smallest absolute Gasteiger partial charge is 0.0115 e. The molecule has 0 radical (unpaired) electrons. The number of nitrogens with two attached hydrogens (primary N) is 1. The second-order valence-electron chi connectivity index (χ2n) is 4.94. The van der Waals surface area contributed by atoms with Gasteiger partial charge >= 0.3 is 0 Å². The van der Waals surface area contributed by atoms with Crippen molar-refractivity contribution in [3.63, 3.8) is 0 Å². The van der Waals surface area contributed by atoms with Crippen LogP contribution in [0.25, 0.3) is 0 Å². The zero-order valence-electron chi connectivity index (χ0n) is 10.3. The van der Waals surface area contributed by atoms with Crippen LogP contribution in [0.3, 0.4) is 0 Å². The first kappa shape index (κ1) is 12.1. The van der Waals surface area contributed by atoms with Crippen LogP contribution in [-0.2, 0) is 6.42 Å². The Morgan fingerprint density at radius 3 is 2.69 bits per heavy atom. The molecular weight excluding hydrogens is 216 g/mol. The lowest BCUT2D eigenvalue weighted by molar-refractivity contribution is 0.162. The Morgan fingerprint density at radius 2 is 2.12 bits per heavy atom. The van der Waals surface area contributed by atoms with E-state index < -0.39 is 0 Å². The average Bonchev–Trinajstić information content (AvgIpc) is 2.65. The summed E-state index contributed by atoms with van der Waals surface area (Å²) in [5, 5.41) is 0. The summed E-state index contributed by atoms with van der Waals surface area (Å²) in [4.78, 5) is 5.51. The Hall–Kier alpha value is -0.380. The molecule has 90 valence electrons. The van der Waals surface area contributed by atoms with Crippen molar-refractivity contribution in [2.24, 2.45) is 5.73 Å². The monoisotopic (exact) mass is 238 g/mol. The van der Waals surface area contributed by atoms with Gasteiger partial charge in [0.05, 0.1) is 0 Å². The molecule has 0 spiro atoms. The van der Waals surface area contributed by atoms with E-state index in [1.54, 1.807) is 0 Å². The van der Waals surface area contributed by atoms with E-state index in [9.17, 15) is 0 Å². The van der Waals surface area contributed by atoms with E-state index in [4.69, 9.17) is 5.73 Å². The molecule has 0 amide bonds. The number of piperidine rings is 1. The van der Waals surface area contributed by atoms with E-state index in [0.29, 0.717) is 12.1 Å². The number of thiophene rings is 1. The Bertz CT molecular complexity index is 326. The molecule has 0 saturated carbocycles. The van der Waals surface area contributed by atoms with E-state index in [0.717, 1.165) is 12.8 Å². The van der Waals surface area contributed by atoms with Crippen molar-refractivity contribution in [1.29, 1.82) is 0 Å². The SMILES string of the molecule is Cc1ccc(CC(C)N2CCC(N)CC2)s1. The first-order chi connectivity index (χ1) is 7.65. The highest BCUT2D eigenvalue weighted by Crippen LogP contribution is 2.20. The highest BCUT2D eigenvalue weighted by Gasteiger charge is 2.20. The van der Waals surface area contributed by atoms with Gasteiger partial charge in [0.15, 0.2) is 0 Å². The molecule has 1 aromatic heterocycles. The van der Waals surface area contributed by atoms with Crippen LogP contribution in [0.5, 0.6) is 0 Å². The summed E-state index contributed by atoms with van der Waals surface area (Å²) < 4.78 is 0. The van der Waals surface area contributed by atoms with E-state index in [-0.39, 0.29) is 0 Å². The Labute approximate surface area is 102 Å². The normalized spacial score (nSPS) is 21.2. The van der Waals surface area contributed by atoms with E-state index in [1.807, 2.05) is 11.3 Å². The van der Waals surface area contributed by atoms with Gasteiger partial charge in [-0.2, -0.15) is 0 Å². The summed E-state index contributed by atoms with van der Waals surface area (Å²) in [6, 6.07) is 5.59. The molecule has 2 N–H and O–H groups in total. The quantitative estimate of drug-likeness (QED) is 0.876. The van der Waals surface area contributed by atoms with Gasteiger partial charge in [-0.15, -0.1) is 11.3 Å². The van der Waals surface area contributed by atoms with Gasteiger partial charge in [0.25, 0.3) is 0 Å². The van der Waals surface area contributed by atoms with Crippen molar-refractivity contribution in [3.05, 3.63) is 21.9 Å². The molecule has 2 nitrogen and oxygen atoms in total. The van der Waals surface area contributed by atoms with Crippen LogP contribution < -0.4 is 5.73 Å². The van der Waals surface area contributed by atoms with Crippen LogP contribution in [0.2, 0.25) is 0 Å². The lowest BCUT2D eigenvalue weighted by Gasteiger charge is -2.34.